The highest BCUT2D eigenvalue weighted by Crippen LogP contribution is 2.19. The minimum atomic E-state index is -0.530. The third kappa shape index (κ3) is 4.84. The first-order valence-corrected chi connectivity index (χ1v) is 7.69. The lowest BCUT2D eigenvalue weighted by molar-refractivity contribution is 0.0473. The molecule has 2 rings (SSSR count). The molecule has 0 bridgehead atoms. The second kappa shape index (κ2) is 6.85. The number of aromatic nitrogens is 1. The Morgan fingerprint density at radius 2 is 2.00 bits per heavy atom. The van der Waals surface area contributed by atoms with E-state index < -0.39 is 11.7 Å². The Bertz CT molecular complexity index is 575. The van der Waals surface area contributed by atoms with Crippen LogP contribution in [0, 0.1) is 0 Å². The zero-order valence-corrected chi connectivity index (χ0v) is 13.7. The predicted molar refractivity (Wildman–Crippen MR) is 84.2 cm³/mol. The van der Waals surface area contributed by atoms with Gasteiger partial charge in [0.25, 0.3) is 5.91 Å². The Hall–Kier alpha value is -2.31. The van der Waals surface area contributed by atoms with Crippen LogP contribution in [0.15, 0.2) is 18.3 Å². The summed E-state index contributed by atoms with van der Waals surface area (Å²) in [7, 11) is 0. The second-order valence-electron chi connectivity index (χ2n) is 6.58. The van der Waals surface area contributed by atoms with Crippen LogP contribution in [0.1, 0.15) is 44.1 Å². The van der Waals surface area contributed by atoms with Gasteiger partial charge in [-0.2, -0.15) is 0 Å². The van der Waals surface area contributed by atoms with Crippen molar-refractivity contribution in [3.63, 3.8) is 0 Å². The molecule has 1 aromatic rings. The molecule has 1 aliphatic heterocycles. The lowest BCUT2D eigenvalue weighted by atomic mass is 10.0. The van der Waals surface area contributed by atoms with Gasteiger partial charge in [0.05, 0.1) is 0 Å². The number of pyridine rings is 1. The number of hydrogen-bond donors (Lipinski definition) is 2. The van der Waals surface area contributed by atoms with Gasteiger partial charge >= 0.3 is 6.09 Å². The van der Waals surface area contributed by atoms with Gasteiger partial charge in [-0.1, -0.05) is 0 Å². The minimum Gasteiger partial charge on any atom is -0.505 e. The van der Waals surface area contributed by atoms with Crippen LogP contribution in [-0.2, 0) is 4.74 Å². The molecule has 1 saturated heterocycles. The quantitative estimate of drug-likeness (QED) is 0.868. The molecular formula is C16H23N3O4. The zero-order chi connectivity index (χ0) is 17.0. The van der Waals surface area contributed by atoms with Crippen molar-refractivity contribution in [3.8, 4) is 5.75 Å². The first kappa shape index (κ1) is 17.1. The van der Waals surface area contributed by atoms with Gasteiger partial charge in [0.15, 0.2) is 5.69 Å². The van der Waals surface area contributed by atoms with Crippen molar-refractivity contribution < 1.29 is 19.4 Å². The third-order valence-electron chi connectivity index (χ3n) is 3.49. The summed E-state index contributed by atoms with van der Waals surface area (Å²) in [5, 5.41) is 12.5. The zero-order valence-electron chi connectivity index (χ0n) is 13.7. The van der Waals surface area contributed by atoms with Crippen molar-refractivity contribution >= 4 is 12.0 Å². The normalized spacial score (nSPS) is 16.0. The molecule has 0 aliphatic carbocycles. The summed E-state index contributed by atoms with van der Waals surface area (Å²) >= 11 is 0. The molecule has 1 fully saturated rings. The van der Waals surface area contributed by atoms with Crippen molar-refractivity contribution in [2.45, 2.75) is 45.3 Å². The van der Waals surface area contributed by atoms with Gasteiger partial charge in [0, 0.05) is 25.3 Å². The van der Waals surface area contributed by atoms with Crippen LogP contribution < -0.4 is 5.32 Å². The van der Waals surface area contributed by atoms with Crippen LogP contribution in [0.2, 0.25) is 0 Å². The van der Waals surface area contributed by atoms with Crippen LogP contribution in [0.25, 0.3) is 0 Å². The highest BCUT2D eigenvalue weighted by Gasteiger charge is 2.27. The van der Waals surface area contributed by atoms with Crippen LogP contribution >= 0.6 is 0 Å². The van der Waals surface area contributed by atoms with E-state index in [4.69, 9.17) is 4.74 Å². The van der Waals surface area contributed by atoms with Gasteiger partial charge in [-0.25, -0.2) is 9.78 Å². The van der Waals surface area contributed by atoms with E-state index >= 15 is 0 Å². The van der Waals surface area contributed by atoms with E-state index in [0.29, 0.717) is 25.9 Å². The smallest absolute Gasteiger partial charge is 0.407 e. The number of rotatable bonds is 2. The van der Waals surface area contributed by atoms with Crippen LogP contribution in [0.5, 0.6) is 5.75 Å². The Morgan fingerprint density at radius 1 is 1.35 bits per heavy atom. The number of hydrogen-bond acceptors (Lipinski definition) is 5. The van der Waals surface area contributed by atoms with Crippen molar-refractivity contribution in [1.29, 1.82) is 0 Å². The Morgan fingerprint density at radius 3 is 2.57 bits per heavy atom. The van der Waals surface area contributed by atoms with Gasteiger partial charge < -0.3 is 20.1 Å². The molecule has 126 valence electrons. The first-order valence-electron chi connectivity index (χ1n) is 7.69. The molecule has 0 unspecified atom stereocenters. The molecule has 0 radical (unpaired) electrons. The van der Waals surface area contributed by atoms with Gasteiger partial charge in [-0.05, 0) is 45.7 Å². The molecule has 0 saturated carbocycles. The predicted octanol–water partition coefficient (Wildman–Crippen LogP) is 1.92. The number of nitrogens with zero attached hydrogens (tertiary/aromatic N) is 2. The molecule has 1 aromatic heterocycles. The highest BCUT2D eigenvalue weighted by atomic mass is 16.6. The lowest BCUT2D eigenvalue weighted by Crippen LogP contribution is -2.47. The van der Waals surface area contributed by atoms with Crippen molar-refractivity contribution in [2.75, 3.05) is 13.1 Å². The number of aromatic hydroxyl groups is 1. The average molecular weight is 321 g/mol. The monoisotopic (exact) mass is 321 g/mol. The molecule has 2 amide bonds. The van der Waals surface area contributed by atoms with Gasteiger partial charge in [-0.3, -0.25) is 4.79 Å². The van der Waals surface area contributed by atoms with E-state index in [-0.39, 0.29) is 23.4 Å². The topological polar surface area (TPSA) is 91.8 Å². The van der Waals surface area contributed by atoms with Gasteiger partial charge in [0.2, 0.25) is 0 Å². The summed E-state index contributed by atoms with van der Waals surface area (Å²) < 4.78 is 5.23. The third-order valence-corrected chi connectivity index (χ3v) is 3.49. The summed E-state index contributed by atoms with van der Waals surface area (Å²) in [6.45, 7) is 6.43. The fraction of sp³-hybridized carbons (Fsp3) is 0.562. The SMILES string of the molecule is CC(C)(C)OC(=O)NC1CCN(C(=O)c2ncccc2O)CC1. The lowest BCUT2D eigenvalue weighted by Gasteiger charge is -2.32. The van der Waals surface area contributed by atoms with E-state index in [0.717, 1.165) is 0 Å². The maximum absolute atomic E-state index is 12.3. The number of likely N-dealkylation sites (tertiary alicyclic amines) is 1. The molecule has 7 nitrogen and oxygen atoms in total. The largest absolute Gasteiger partial charge is 0.505 e. The second-order valence-corrected chi connectivity index (χ2v) is 6.58. The molecule has 23 heavy (non-hydrogen) atoms. The molecular weight excluding hydrogens is 298 g/mol. The van der Waals surface area contributed by atoms with E-state index in [1.54, 1.807) is 11.0 Å². The molecule has 7 heteroatoms. The van der Waals surface area contributed by atoms with E-state index in [2.05, 4.69) is 10.3 Å². The number of ether oxygens (including phenoxy) is 1. The number of carbonyl (C=O) groups excluding carboxylic acids is 2. The van der Waals surface area contributed by atoms with Crippen molar-refractivity contribution in [3.05, 3.63) is 24.0 Å². The number of nitrogens with one attached hydrogen (secondary N) is 1. The Labute approximate surface area is 135 Å². The summed E-state index contributed by atoms with van der Waals surface area (Å²) in [6.07, 6.45) is 2.31. The summed E-state index contributed by atoms with van der Waals surface area (Å²) in [4.78, 5) is 29.6. The fourth-order valence-corrected chi connectivity index (χ4v) is 2.41. The van der Waals surface area contributed by atoms with Gasteiger partial charge in [-0.15, -0.1) is 0 Å². The number of amides is 2. The number of piperidine rings is 1. The standard InChI is InChI=1S/C16H23N3O4/c1-16(2,3)23-15(22)18-11-6-9-19(10-7-11)14(21)13-12(20)5-4-8-17-13/h4-5,8,11,20H,6-7,9-10H2,1-3H3,(H,18,22). The van der Waals surface area contributed by atoms with E-state index in [1.807, 2.05) is 20.8 Å². The average Bonchev–Trinajstić information content (AvgIpc) is 2.46. The fourth-order valence-electron chi connectivity index (χ4n) is 2.41. The Kier molecular flexibility index (Phi) is 5.08. The molecule has 0 aromatic carbocycles. The number of alkyl carbamates (subject to hydrolysis) is 1. The maximum Gasteiger partial charge on any atom is 0.407 e. The highest BCUT2D eigenvalue weighted by molar-refractivity contribution is 5.94. The summed E-state index contributed by atoms with van der Waals surface area (Å²) in [6, 6.07) is 2.99. The molecule has 0 atom stereocenters. The van der Waals surface area contributed by atoms with Crippen molar-refractivity contribution in [2.24, 2.45) is 0 Å². The molecule has 2 N–H and O–H groups in total. The molecule has 1 aliphatic rings. The van der Waals surface area contributed by atoms with E-state index in [1.165, 1.54) is 12.3 Å². The summed E-state index contributed by atoms with van der Waals surface area (Å²) in [5.41, 5.74) is -0.469. The molecule has 2 heterocycles. The summed E-state index contributed by atoms with van der Waals surface area (Å²) in [5.74, 6) is -0.412. The number of carbonyl (C=O) groups is 2. The maximum atomic E-state index is 12.3. The van der Waals surface area contributed by atoms with Crippen LogP contribution in [0.3, 0.4) is 0 Å². The molecule has 0 spiro atoms. The first-order chi connectivity index (χ1) is 10.8. The van der Waals surface area contributed by atoms with Crippen molar-refractivity contribution in [1.82, 2.24) is 15.2 Å². The van der Waals surface area contributed by atoms with Gasteiger partial charge in [0.1, 0.15) is 11.4 Å². The Balaban J connectivity index is 1.85. The minimum absolute atomic E-state index is 0.0220. The van der Waals surface area contributed by atoms with Crippen LogP contribution in [-0.4, -0.2) is 51.7 Å². The van der Waals surface area contributed by atoms with Crippen LogP contribution in [0.4, 0.5) is 4.79 Å². The van der Waals surface area contributed by atoms with E-state index in [9.17, 15) is 14.7 Å².